The molecule has 0 amide bonds. The van der Waals surface area contributed by atoms with E-state index >= 15 is 0 Å². The van der Waals surface area contributed by atoms with Crippen LogP contribution >= 0.6 is 0 Å². The first-order valence-corrected chi connectivity index (χ1v) is 19.3. The molecule has 0 saturated carbocycles. The van der Waals surface area contributed by atoms with Crippen LogP contribution in [-0.2, 0) is 0 Å². The van der Waals surface area contributed by atoms with Gasteiger partial charge in [-0.15, -0.1) is 0 Å². The zero-order chi connectivity index (χ0) is 37.2. The van der Waals surface area contributed by atoms with E-state index < -0.39 is 0 Å². The highest BCUT2D eigenvalue weighted by molar-refractivity contribution is 6.12. The van der Waals surface area contributed by atoms with Crippen LogP contribution in [0.5, 0.6) is 0 Å². The van der Waals surface area contributed by atoms with Crippen molar-refractivity contribution in [1.29, 1.82) is 0 Å². The first-order valence-electron chi connectivity index (χ1n) is 19.3. The van der Waals surface area contributed by atoms with Gasteiger partial charge in [0.1, 0.15) is 11.1 Å². The third-order valence-corrected chi connectivity index (χ3v) is 11.8. The van der Waals surface area contributed by atoms with Crippen LogP contribution in [0, 0.1) is 0 Å². The maximum atomic E-state index is 6.26. The lowest BCUT2D eigenvalue weighted by atomic mass is 10.0. The topological polar surface area (TPSA) is 45.2 Å². The fraction of sp³-hybridized carbons (Fsp3) is 0. The van der Waals surface area contributed by atoms with Crippen molar-refractivity contribution in [1.82, 2.24) is 23.1 Å². The first kappa shape index (κ1) is 30.5. The lowest BCUT2D eigenvalue weighted by Crippen LogP contribution is -1.97. The minimum Gasteiger partial charge on any atom is -0.436 e. The molecule has 13 aromatic rings. The Hall–Kier alpha value is -7.83. The SMILES string of the molecule is c1ccc(-n2c3cc(-n4c5ccccc5c5cc(-c6ccc(-n7c8ccccc8c8ccccc87)cc6)ccc54)ccc3n3c4c(nc23)oc2ccccc24)cc1. The monoisotopic (exact) mass is 729 g/mol. The highest BCUT2D eigenvalue weighted by atomic mass is 16.3. The molecule has 13 rings (SSSR count). The summed E-state index contributed by atoms with van der Waals surface area (Å²) in [6, 6.07) is 67.4. The standard InChI is InChI=1S/C51H31N5O/c1-2-12-34(13-3-1)55-47-31-36(27-29-46(47)56-49-40-17-7-11-21-48(40)57-50(49)52-51(55)56)54-44-20-10-6-16-39(44)41-30-33(24-28-45(41)54)32-22-25-35(26-23-32)53-42-18-8-4-14-37(42)38-15-5-9-19-43(38)53/h1-31H. The quantitative estimate of drug-likeness (QED) is 0.181. The summed E-state index contributed by atoms with van der Waals surface area (Å²) in [5.41, 5.74) is 15.0. The molecule has 0 fully saturated rings. The fourth-order valence-electron chi connectivity index (χ4n) is 9.32. The van der Waals surface area contributed by atoms with Gasteiger partial charge in [0.2, 0.25) is 11.5 Å². The highest BCUT2D eigenvalue weighted by Crippen LogP contribution is 2.39. The molecule has 0 spiro atoms. The molecular formula is C51H31N5O. The van der Waals surface area contributed by atoms with E-state index in [0.717, 1.165) is 61.4 Å². The van der Waals surface area contributed by atoms with Gasteiger partial charge in [-0.05, 0) is 96.1 Å². The van der Waals surface area contributed by atoms with Crippen molar-refractivity contribution in [2.24, 2.45) is 0 Å². The van der Waals surface area contributed by atoms with Crippen LogP contribution in [0.2, 0.25) is 0 Å². The van der Waals surface area contributed by atoms with Crippen molar-refractivity contribution in [2.45, 2.75) is 0 Å². The second-order valence-corrected chi connectivity index (χ2v) is 14.8. The van der Waals surface area contributed by atoms with Gasteiger partial charge in [-0.1, -0.05) is 103 Å². The number of rotatable bonds is 4. The van der Waals surface area contributed by atoms with Gasteiger partial charge < -0.3 is 13.6 Å². The third-order valence-electron chi connectivity index (χ3n) is 11.8. The second kappa shape index (κ2) is 11.4. The number of fused-ring (bicyclic) bond motifs is 13. The Morgan fingerprint density at radius 1 is 0.351 bits per heavy atom. The van der Waals surface area contributed by atoms with Crippen LogP contribution in [0.1, 0.15) is 0 Å². The van der Waals surface area contributed by atoms with Crippen molar-refractivity contribution in [3.8, 4) is 28.2 Å². The minimum absolute atomic E-state index is 0.640. The van der Waals surface area contributed by atoms with E-state index in [-0.39, 0.29) is 0 Å². The molecule has 0 radical (unpaired) electrons. The summed E-state index contributed by atoms with van der Waals surface area (Å²) in [5, 5.41) is 6.02. The Labute approximate surface area is 325 Å². The van der Waals surface area contributed by atoms with Crippen molar-refractivity contribution < 1.29 is 4.42 Å². The Balaban J connectivity index is 0.981. The van der Waals surface area contributed by atoms with Crippen LogP contribution in [0.15, 0.2) is 192 Å². The van der Waals surface area contributed by atoms with E-state index in [2.05, 4.69) is 194 Å². The van der Waals surface area contributed by atoms with Gasteiger partial charge in [0.05, 0.1) is 33.1 Å². The Bertz CT molecular complexity index is 3690. The number of hydrogen-bond donors (Lipinski definition) is 0. The number of benzene rings is 8. The van der Waals surface area contributed by atoms with Crippen molar-refractivity contribution in [3.05, 3.63) is 188 Å². The van der Waals surface area contributed by atoms with E-state index in [4.69, 9.17) is 9.40 Å². The molecule has 0 bridgehead atoms. The first-order chi connectivity index (χ1) is 28.3. The van der Waals surface area contributed by atoms with Gasteiger partial charge in [-0.25, -0.2) is 0 Å². The molecule has 266 valence electrons. The lowest BCUT2D eigenvalue weighted by Gasteiger charge is -2.11. The summed E-state index contributed by atoms with van der Waals surface area (Å²) < 4.78 is 15.5. The zero-order valence-electron chi connectivity index (χ0n) is 30.5. The van der Waals surface area contributed by atoms with Crippen molar-refractivity contribution >= 4 is 82.6 Å². The number of hydrogen-bond acceptors (Lipinski definition) is 2. The number of imidazole rings is 2. The van der Waals surface area contributed by atoms with Crippen LogP contribution in [0.4, 0.5) is 0 Å². The molecule has 0 aliphatic rings. The molecule has 6 nitrogen and oxygen atoms in total. The van der Waals surface area contributed by atoms with Crippen LogP contribution in [0.25, 0.3) is 111 Å². The fourth-order valence-corrected chi connectivity index (χ4v) is 9.32. The van der Waals surface area contributed by atoms with Gasteiger partial charge in [0, 0.05) is 44.0 Å². The molecule has 5 aromatic heterocycles. The summed E-state index contributed by atoms with van der Waals surface area (Å²) in [4.78, 5) is 5.09. The molecule has 0 aliphatic carbocycles. The number of aromatic nitrogens is 5. The number of para-hydroxylation sites is 5. The second-order valence-electron chi connectivity index (χ2n) is 14.8. The van der Waals surface area contributed by atoms with Crippen molar-refractivity contribution in [2.75, 3.05) is 0 Å². The van der Waals surface area contributed by atoms with Gasteiger partial charge in [-0.3, -0.25) is 8.97 Å². The molecular weight excluding hydrogens is 699 g/mol. The maximum Gasteiger partial charge on any atom is 0.248 e. The third kappa shape index (κ3) is 4.21. The molecule has 0 atom stereocenters. The van der Waals surface area contributed by atoms with Gasteiger partial charge in [0.25, 0.3) is 0 Å². The Morgan fingerprint density at radius 2 is 0.877 bits per heavy atom. The average molecular weight is 730 g/mol. The van der Waals surface area contributed by atoms with E-state index in [1.54, 1.807) is 0 Å². The minimum atomic E-state index is 0.640. The van der Waals surface area contributed by atoms with Crippen molar-refractivity contribution in [3.63, 3.8) is 0 Å². The summed E-state index contributed by atoms with van der Waals surface area (Å²) in [7, 11) is 0. The largest absolute Gasteiger partial charge is 0.436 e. The van der Waals surface area contributed by atoms with Crippen LogP contribution in [-0.4, -0.2) is 23.1 Å². The predicted molar refractivity (Wildman–Crippen MR) is 233 cm³/mol. The van der Waals surface area contributed by atoms with E-state index in [0.29, 0.717) is 5.71 Å². The number of furan rings is 1. The maximum absolute atomic E-state index is 6.26. The molecule has 0 aliphatic heterocycles. The molecule has 57 heavy (non-hydrogen) atoms. The normalized spacial score (nSPS) is 12.2. The molecule has 0 saturated heterocycles. The van der Waals surface area contributed by atoms with Gasteiger partial charge in [0.15, 0.2) is 0 Å². The smallest absolute Gasteiger partial charge is 0.248 e. The summed E-state index contributed by atoms with van der Waals surface area (Å²) in [5.74, 6) is 0.823. The Morgan fingerprint density at radius 3 is 1.60 bits per heavy atom. The van der Waals surface area contributed by atoms with E-state index in [9.17, 15) is 0 Å². The molecule has 0 unspecified atom stereocenters. The molecule has 0 N–H and O–H groups in total. The van der Waals surface area contributed by atoms with Crippen LogP contribution < -0.4 is 0 Å². The summed E-state index contributed by atoms with van der Waals surface area (Å²) in [6.45, 7) is 0. The van der Waals surface area contributed by atoms with Gasteiger partial charge >= 0.3 is 0 Å². The van der Waals surface area contributed by atoms with E-state index in [1.165, 1.54) is 43.7 Å². The average Bonchev–Trinajstić information content (AvgIpc) is 4.06. The lowest BCUT2D eigenvalue weighted by molar-refractivity contribution is 0.656. The van der Waals surface area contributed by atoms with E-state index in [1.807, 2.05) is 12.1 Å². The number of nitrogens with zero attached hydrogens (tertiary/aromatic N) is 5. The van der Waals surface area contributed by atoms with Gasteiger partial charge in [-0.2, -0.15) is 4.98 Å². The summed E-state index contributed by atoms with van der Waals surface area (Å²) in [6.07, 6.45) is 0. The Kier molecular flexibility index (Phi) is 6.07. The zero-order valence-corrected chi connectivity index (χ0v) is 30.5. The summed E-state index contributed by atoms with van der Waals surface area (Å²) >= 11 is 0. The molecule has 5 heterocycles. The highest BCUT2D eigenvalue weighted by Gasteiger charge is 2.23. The molecule has 8 aromatic carbocycles. The van der Waals surface area contributed by atoms with Crippen LogP contribution in [0.3, 0.4) is 0 Å². The molecule has 6 heteroatoms. The predicted octanol–water partition coefficient (Wildman–Crippen LogP) is 13.0.